The zero-order valence-corrected chi connectivity index (χ0v) is 14.7. The first-order valence-electron chi connectivity index (χ1n) is 7.63. The number of fused-ring (bicyclic) bond motifs is 1. The van der Waals surface area contributed by atoms with Crippen LogP contribution in [-0.2, 0) is 0 Å². The molecule has 0 fully saturated rings. The minimum atomic E-state index is -0.315. The van der Waals surface area contributed by atoms with Gasteiger partial charge in [0.05, 0.1) is 22.5 Å². The van der Waals surface area contributed by atoms with E-state index in [4.69, 9.17) is 23.2 Å². The molecule has 8 heteroatoms. The fourth-order valence-corrected chi connectivity index (χ4v) is 3.02. The summed E-state index contributed by atoms with van der Waals surface area (Å²) in [5.74, 6) is 0.189. The third-order valence-electron chi connectivity index (χ3n) is 3.75. The van der Waals surface area contributed by atoms with E-state index in [0.29, 0.717) is 27.1 Å². The van der Waals surface area contributed by atoms with Gasteiger partial charge in [-0.15, -0.1) is 5.10 Å². The van der Waals surface area contributed by atoms with Crippen molar-refractivity contribution in [2.24, 2.45) is 0 Å². The van der Waals surface area contributed by atoms with Crippen LogP contribution in [0.2, 0.25) is 10.0 Å². The van der Waals surface area contributed by atoms with Crippen LogP contribution in [-0.4, -0.2) is 25.5 Å². The zero-order chi connectivity index (χ0) is 18.1. The van der Waals surface area contributed by atoms with Crippen molar-refractivity contribution in [3.63, 3.8) is 0 Å². The summed E-state index contributed by atoms with van der Waals surface area (Å²) in [6.45, 7) is 0. The van der Waals surface area contributed by atoms with E-state index in [1.807, 2.05) is 24.4 Å². The maximum Gasteiger partial charge on any atom is 0.257 e. The van der Waals surface area contributed by atoms with E-state index in [9.17, 15) is 4.79 Å². The van der Waals surface area contributed by atoms with Gasteiger partial charge in [-0.05, 0) is 30.3 Å². The van der Waals surface area contributed by atoms with E-state index < -0.39 is 0 Å². The lowest BCUT2D eigenvalue weighted by atomic mass is 10.1. The van der Waals surface area contributed by atoms with Crippen molar-refractivity contribution in [3.05, 3.63) is 76.7 Å². The van der Waals surface area contributed by atoms with Crippen LogP contribution in [0.1, 0.15) is 10.4 Å². The number of imidazole rings is 1. The van der Waals surface area contributed by atoms with E-state index in [0.717, 1.165) is 11.3 Å². The van der Waals surface area contributed by atoms with E-state index in [2.05, 4.69) is 20.5 Å². The molecular weight excluding hydrogens is 373 g/mol. The highest BCUT2D eigenvalue weighted by Crippen LogP contribution is 2.24. The van der Waals surface area contributed by atoms with Gasteiger partial charge in [0.2, 0.25) is 0 Å². The van der Waals surface area contributed by atoms with E-state index >= 15 is 0 Å². The Hall–Kier alpha value is -2.96. The van der Waals surface area contributed by atoms with Gasteiger partial charge in [-0.3, -0.25) is 9.20 Å². The summed E-state index contributed by atoms with van der Waals surface area (Å²) in [6, 6.07) is 12.1. The van der Waals surface area contributed by atoms with Crippen LogP contribution in [0.15, 0.2) is 61.1 Å². The van der Waals surface area contributed by atoms with E-state index in [-0.39, 0.29) is 5.91 Å². The summed E-state index contributed by atoms with van der Waals surface area (Å²) < 4.78 is 1.78. The SMILES string of the molecule is O=C(Nc1cccc(-c2cn3ccnnc3n2)c1)c1ccc(Cl)cc1Cl. The first-order valence-corrected chi connectivity index (χ1v) is 8.39. The van der Waals surface area contributed by atoms with Gasteiger partial charge in [0.15, 0.2) is 0 Å². The average Bonchev–Trinajstić information content (AvgIpc) is 3.06. The number of anilines is 1. The second kappa shape index (κ2) is 6.74. The molecule has 0 aliphatic heterocycles. The average molecular weight is 384 g/mol. The quantitative estimate of drug-likeness (QED) is 0.570. The van der Waals surface area contributed by atoms with E-state index in [1.54, 1.807) is 35.0 Å². The Kier molecular flexibility index (Phi) is 4.28. The maximum absolute atomic E-state index is 12.5. The fraction of sp³-hybridized carbons (Fsp3) is 0. The Morgan fingerprint density at radius 3 is 2.81 bits per heavy atom. The van der Waals surface area contributed by atoms with Crippen LogP contribution in [0.5, 0.6) is 0 Å². The lowest BCUT2D eigenvalue weighted by Gasteiger charge is -2.08. The minimum absolute atomic E-state index is 0.296. The van der Waals surface area contributed by atoms with Crippen LogP contribution in [0.4, 0.5) is 5.69 Å². The standard InChI is InChI=1S/C18H11Cl2N5O/c19-12-4-5-14(15(20)9-12)17(26)22-13-3-1-2-11(8-13)16-10-25-7-6-21-24-18(25)23-16/h1-10H,(H,22,26). The molecule has 2 aromatic heterocycles. The number of carbonyl (C=O) groups excluding carboxylic acids is 1. The van der Waals surface area contributed by atoms with Gasteiger partial charge in [-0.1, -0.05) is 35.3 Å². The smallest absolute Gasteiger partial charge is 0.257 e. The molecule has 2 aromatic carbocycles. The molecule has 0 bridgehead atoms. The highest BCUT2D eigenvalue weighted by molar-refractivity contribution is 6.37. The Morgan fingerprint density at radius 2 is 2.00 bits per heavy atom. The minimum Gasteiger partial charge on any atom is -0.322 e. The highest BCUT2D eigenvalue weighted by atomic mass is 35.5. The van der Waals surface area contributed by atoms with E-state index in [1.165, 1.54) is 6.07 Å². The Balaban J connectivity index is 1.62. The molecule has 0 aliphatic carbocycles. The molecule has 0 radical (unpaired) electrons. The second-order valence-corrected chi connectivity index (χ2v) is 6.35. The van der Waals surface area contributed by atoms with Crippen molar-refractivity contribution in [1.29, 1.82) is 0 Å². The molecule has 0 aliphatic rings. The summed E-state index contributed by atoms with van der Waals surface area (Å²) >= 11 is 12.0. The molecule has 2 heterocycles. The second-order valence-electron chi connectivity index (χ2n) is 5.51. The van der Waals surface area contributed by atoms with Crippen LogP contribution in [0.3, 0.4) is 0 Å². The first kappa shape index (κ1) is 16.5. The van der Waals surface area contributed by atoms with Gasteiger partial charge in [-0.25, -0.2) is 4.98 Å². The highest BCUT2D eigenvalue weighted by Gasteiger charge is 2.12. The molecule has 0 saturated carbocycles. The normalized spacial score (nSPS) is 10.8. The first-order chi connectivity index (χ1) is 12.6. The molecule has 4 rings (SSSR count). The molecule has 0 saturated heterocycles. The van der Waals surface area contributed by atoms with Crippen molar-refractivity contribution < 1.29 is 4.79 Å². The predicted molar refractivity (Wildman–Crippen MR) is 101 cm³/mol. The number of benzene rings is 2. The number of carbonyl (C=O) groups is 1. The number of rotatable bonds is 3. The Bertz CT molecular complexity index is 1090. The van der Waals surface area contributed by atoms with Gasteiger partial charge >= 0.3 is 0 Å². The molecule has 128 valence electrons. The largest absolute Gasteiger partial charge is 0.322 e. The van der Waals surface area contributed by atoms with Gasteiger partial charge in [0, 0.05) is 28.7 Å². The topological polar surface area (TPSA) is 72.2 Å². The third-order valence-corrected chi connectivity index (χ3v) is 4.29. The zero-order valence-electron chi connectivity index (χ0n) is 13.2. The molecule has 1 N–H and O–H groups in total. The van der Waals surface area contributed by atoms with Crippen molar-refractivity contribution in [3.8, 4) is 11.3 Å². The molecule has 0 atom stereocenters. The Labute approximate surface area is 158 Å². The summed E-state index contributed by atoms with van der Waals surface area (Å²) in [7, 11) is 0. The van der Waals surface area contributed by atoms with Gasteiger partial charge in [0.25, 0.3) is 11.7 Å². The molecule has 0 unspecified atom stereocenters. The third kappa shape index (κ3) is 3.24. The molecule has 0 spiro atoms. The van der Waals surface area contributed by atoms with Gasteiger partial charge < -0.3 is 5.32 Å². The maximum atomic E-state index is 12.5. The van der Waals surface area contributed by atoms with Crippen LogP contribution in [0, 0.1) is 0 Å². The molecule has 1 amide bonds. The van der Waals surface area contributed by atoms with Crippen molar-refractivity contribution >= 4 is 40.6 Å². The lowest BCUT2D eigenvalue weighted by Crippen LogP contribution is -2.12. The van der Waals surface area contributed by atoms with Crippen molar-refractivity contribution in [2.75, 3.05) is 5.32 Å². The molecule has 4 aromatic rings. The molecule has 26 heavy (non-hydrogen) atoms. The van der Waals surface area contributed by atoms with Crippen LogP contribution >= 0.6 is 23.2 Å². The van der Waals surface area contributed by atoms with Gasteiger partial charge in [-0.2, -0.15) is 5.10 Å². The van der Waals surface area contributed by atoms with Crippen LogP contribution < -0.4 is 5.32 Å². The summed E-state index contributed by atoms with van der Waals surface area (Å²) in [6.07, 6.45) is 5.21. The van der Waals surface area contributed by atoms with Crippen LogP contribution in [0.25, 0.3) is 17.0 Å². The number of hydrogen-bond acceptors (Lipinski definition) is 4. The number of aromatic nitrogens is 4. The lowest BCUT2D eigenvalue weighted by molar-refractivity contribution is 0.102. The molecule has 6 nitrogen and oxygen atoms in total. The monoisotopic (exact) mass is 383 g/mol. The molecular formula is C18H11Cl2N5O. The number of amides is 1. The fourth-order valence-electron chi connectivity index (χ4n) is 2.52. The Morgan fingerprint density at radius 1 is 1.12 bits per heavy atom. The number of nitrogens with zero attached hydrogens (tertiary/aromatic N) is 4. The van der Waals surface area contributed by atoms with Gasteiger partial charge in [0.1, 0.15) is 0 Å². The summed E-state index contributed by atoms with van der Waals surface area (Å²) in [5, 5.41) is 11.4. The number of nitrogens with one attached hydrogen (secondary N) is 1. The van der Waals surface area contributed by atoms with Crippen molar-refractivity contribution in [1.82, 2.24) is 19.6 Å². The van der Waals surface area contributed by atoms with Crippen molar-refractivity contribution in [2.45, 2.75) is 0 Å². The number of hydrogen-bond donors (Lipinski definition) is 1. The number of halogens is 2. The summed E-state index contributed by atoms with van der Waals surface area (Å²) in [4.78, 5) is 16.9. The summed E-state index contributed by atoms with van der Waals surface area (Å²) in [5.41, 5.74) is 2.55. The predicted octanol–water partition coefficient (Wildman–Crippen LogP) is 4.35.